The van der Waals surface area contributed by atoms with Crippen molar-refractivity contribution in [1.82, 2.24) is 19.9 Å². The number of unbranched alkanes of at least 4 members (excludes halogenated alkanes) is 1. The molecule has 0 unspecified atom stereocenters. The van der Waals surface area contributed by atoms with Gasteiger partial charge >= 0.3 is 5.97 Å². The summed E-state index contributed by atoms with van der Waals surface area (Å²) >= 11 is 0. The van der Waals surface area contributed by atoms with Crippen LogP contribution in [0.25, 0.3) is 17.0 Å². The second kappa shape index (κ2) is 14.0. The number of nitrogens with one attached hydrogen (secondary N) is 2. The number of halogens is 1. The zero-order valence-electron chi connectivity index (χ0n) is 22.5. The molecule has 0 amide bonds. The van der Waals surface area contributed by atoms with E-state index in [0.717, 1.165) is 62.3 Å². The zero-order valence-corrected chi connectivity index (χ0v) is 22.5. The molecule has 10 heteroatoms. The molecule has 3 N–H and O–H groups in total. The van der Waals surface area contributed by atoms with Crippen molar-refractivity contribution in [3.63, 3.8) is 0 Å². The van der Waals surface area contributed by atoms with Gasteiger partial charge in [-0.25, -0.2) is 24.1 Å². The Kier molecular flexibility index (Phi) is 10.2. The number of carboxylic acids is 1. The maximum atomic E-state index is 14.5. The number of pyridine rings is 1. The number of carbonyl (C=O) groups is 1. The van der Waals surface area contributed by atoms with Gasteiger partial charge in [0.25, 0.3) is 0 Å². The summed E-state index contributed by atoms with van der Waals surface area (Å²) in [5.41, 5.74) is 3.82. The van der Waals surface area contributed by atoms with Gasteiger partial charge in [0.15, 0.2) is 0 Å². The van der Waals surface area contributed by atoms with Crippen molar-refractivity contribution in [3.8, 4) is 0 Å². The van der Waals surface area contributed by atoms with E-state index in [1.54, 1.807) is 19.2 Å². The second-order valence-electron chi connectivity index (χ2n) is 9.74. The Bertz CT molecular complexity index is 1280. The molecule has 9 nitrogen and oxygen atoms in total. The van der Waals surface area contributed by atoms with Gasteiger partial charge in [-0.15, -0.1) is 0 Å². The summed E-state index contributed by atoms with van der Waals surface area (Å²) < 4.78 is 19.8. The summed E-state index contributed by atoms with van der Waals surface area (Å²) in [7, 11) is 1.65. The third-order valence-electron chi connectivity index (χ3n) is 7.05. The van der Waals surface area contributed by atoms with Crippen LogP contribution in [0.5, 0.6) is 0 Å². The van der Waals surface area contributed by atoms with Crippen LogP contribution in [0.3, 0.4) is 0 Å². The highest BCUT2D eigenvalue weighted by Gasteiger charge is 2.21. The molecular formula is C29H37FN6O3. The van der Waals surface area contributed by atoms with Crippen LogP contribution in [0.2, 0.25) is 0 Å². The molecule has 0 bridgehead atoms. The third-order valence-corrected chi connectivity index (χ3v) is 7.05. The predicted octanol–water partition coefficient (Wildman–Crippen LogP) is 4.39. The van der Waals surface area contributed by atoms with Crippen molar-refractivity contribution in [3.05, 3.63) is 59.8 Å². The SMILES string of the molecule is C=Cc1cc2c(nc1CCCCN(CCOC)CC[C@H](Nc1ncnc3cccc(F)c13)C(=O)O)NCCC2. The standard InChI is InChI=1S/C29H37FN6O3/c1-3-20-18-21-8-7-13-31-27(21)34-23(20)10-4-5-14-36(16-17-39-2)15-12-25(29(37)38)35-28-26-22(30)9-6-11-24(26)32-19-33-28/h3,6,9,11,18-19,25H,1,4-5,7-8,10,12-17H2,2H3,(H,31,34)(H,37,38)(H,32,33,35)/t25-/m0/s1. The Morgan fingerprint density at radius 1 is 1.31 bits per heavy atom. The number of aryl methyl sites for hydroxylation is 2. The smallest absolute Gasteiger partial charge is 0.326 e. The van der Waals surface area contributed by atoms with Crippen LogP contribution in [-0.2, 0) is 22.4 Å². The Morgan fingerprint density at radius 3 is 2.97 bits per heavy atom. The lowest BCUT2D eigenvalue weighted by Gasteiger charge is -2.24. The Hall–Kier alpha value is -3.63. The number of aliphatic carboxylic acids is 1. The molecule has 1 aromatic carbocycles. The van der Waals surface area contributed by atoms with Crippen molar-refractivity contribution in [2.24, 2.45) is 0 Å². The topological polar surface area (TPSA) is 113 Å². The monoisotopic (exact) mass is 536 g/mol. The molecule has 39 heavy (non-hydrogen) atoms. The number of benzene rings is 1. The fourth-order valence-corrected chi connectivity index (χ4v) is 4.91. The number of hydrogen-bond donors (Lipinski definition) is 3. The van der Waals surface area contributed by atoms with E-state index in [1.165, 1.54) is 18.0 Å². The molecule has 4 rings (SSSR count). The molecule has 3 aromatic rings. The average Bonchev–Trinajstić information content (AvgIpc) is 2.95. The second-order valence-corrected chi connectivity index (χ2v) is 9.74. The van der Waals surface area contributed by atoms with Gasteiger partial charge in [0, 0.05) is 26.7 Å². The summed E-state index contributed by atoms with van der Waals surface area (Å²) in [6.45, 7) is 7.50. The first kappa shape index (κ1) is 28.4. The van der Waals surface area contributed by atoms with Crippen LogP contribution in [0.4, 0.5) is 16.0 Å². The molecule has 3 heterocycles. The minimum absolute atomic E-state index is 0.180. The first-order valence-electron chi connectivity index (χ1n) is 13.5. The summed E-state index contributed by atoms with van der Waals surface area (Å²) in [6.07, 6.45) is 8.39. The van der Waals surface area contributed by atoms with Crippen molar-refractivity contribution in [2.75, 3.05) is 50.5 Å². The molecule has 1 atom stereocenters. The van der Waals surface area contributed by atoms with Gasteiger partial charge in [0.1, 0.15) is 29.8 Å². The maximum absolute atomic E-state index is 14.5. The highest BCUT2D eigenvalue weighted by molar-refractivity contribution is 5.91. The molecular weight excluding hydrogens is 499 g/mol. The molecule has 2 aromatic heterocycles. The number of fused-ring (bicyclic) bond motifs is 2. The van der Waals surface area contributed by atoms with Crippen LogP contribution in [0, 0.1) is 5.82 Å². The minimum Gasteiger partial charge on any atom is -0.480 e. The zero-order chi connectivity index (χ0) is 27.6. The average molecular weight is 537 g/mol. The van der Waals surface area contributed by atoms with E-state index < -0.39 is 17.8 Å². The van der Waals surface area contributed by atoms with E-state index in [1.807, 2.05) is 6.08 Å². The van der Waals surface area contributed by atoms with Gasteiger partial charge < -0.3 is 25.4 Å². The molecule has 0 radical (unpaired) electrons. The van der Waals surface area contributed by atoms with Crippen molar-refractivity contribution in [1.29, 1.82) is 0 Å². The van der Waals surface area contributed by atoms with Gasteiger partial charge in [0.2, 0.25) is 0 Å². The highest BCUT2D eigenvalue weighted by atomic mass is 19.1. The fraction of sp³-hybridized carbons (Fsp3) is 0.448. The Labute approximate surface area is 228 Å². The maximum Gasteiger partial charge on any atom is 0.326 e. The normalized spacial score (nSPS) is 13.6. The van der Waals surface area contributed by atoms with Gasteiger partial charge in [-0.05, 0) is 74.4 Å². The molecule has 1 aliphatic rings. The number of nitrogens with zero attached hydrogens (tertiary/aromatic N) is 4. The van der Waals surface area contributed by atoms with E-state index in [-0.39, 0.29) is 11.2 Å². The van der Waals surface area contributed by atoms with E-state index in [9.17, 15) is 14.3 Å². The Morgan fingerprint density at radius 2 is 2.18 bits per heavy atom. The molecule has 208 valence electrons. The van der Waals surface area contributed by atoms with Crippen LogP contribution < -0.4 is 10.6 Å². The highest BCUT2D eigenvalue weighted by Crippen LogP contribution is 2.25. The van der Waals surface area contributed by atoms with Gasteiger partial charge in [0.05, 0.1) is 23.2 Å². The number of hydrogen-bond acceptors (Lipinski definition) is 8. The lowest BCUT2D eigenvalue weighted by atomic mass is 10.0. The van der Waals surface area contributed by atoms with E-state index >= 15 is 0 Å². The fourth-order valence-electron chi connectivity index (χ4n) is 4.91. The molecule has 1 aliphatic heterocycles. The summed E-state index contributed by atoms with van der Waals surface area (Å²) in [4.78, 5) is 27.3. The van der Waals surface area contributed by atoms with Crippen molar-refractivity contribution in [2.45, 2.75) is 44.6 Å². The van der Waals surface area contributed by atoms with Gasteiger partial charge in [-0.2, -0.15) is 0 Å². The molecule has 0 saturated carbocycles. The van der Waals surface area contributed by atoms with Gasteiger partial charge in [-0.3, -0.25) is 0 Å². The lowest BCUT2D eigenvalue weighted by Crippen LogP contribution is -2.37. The van der Waals surface area contributed by atoms with E-state index in [4.69, 9.17) is 9.72 Å². The first-order valence-corrected chi connectivity index (χ1v) is 13.5. The molecule has 0 fully saturated rings. The number of anilines is 2. The largest absolute Gasteiger partial charge is 0.480 e. The van der Waals surface area contributed by atoms with Crippen molar-refractivity contribution < 1.29 is 19.0 Å². The van der Waals surface area contributed by atoms with E-state index in [0.29, 0.717) is 31.6 Å². The molecule has 0 aliphatic carbocycles. The van der Waals surface area contributed by atoms with Crippen LogP contribution in [-0.4, -0.2) is 76.9 Å². The molecule has 0 saturated heterocycles. The van der Waals surface area contributed by atoms with E-state index in [2.05, 4.69) is 38.1 Å². The quantitative estimate of drug-likeness (QED) is 0.243. The first-order chi connectivity index (χ1) is 19.0. The van der Waals surface area contributed by atoms with Crippen LogP contribution in [0.1, 0.15) is 42.5 Å². The summed E-state index contributed by atoms with van der Waals surface area (Å²) in [5.74, 6) is -0.342. The number of methoxy groups -OCH3 is 1. The summed E-state index contributed by atoms with van der Waals surface area (Å²) in [6, 6.07) is 5.81. The van der Waals surface area contributed by atoms with Crippen molar-refractivity contribution >= 4 is 34.6 Å². The summed E-state index contributed by atoms with van der Waals surface area (Å²) in [5, 5.41) is 16.4. The Balaban J connectivity index is 1.34. The number of rotatable bonds is 15. The number of carboxylic acid groups (broad SMARTS) is 1. The predicted molar refractivity (Wildman–Crippen MR) is 152 cm³/mol. The van der Waals surface area contributed by atoms with Crippen LogP contribution >= 0.6 is 0 Å². The third kappa shape index (κ3) is 7.48. The number of ether oxygens (including phenoxy) is 1. The van der Waals surface area contributed by atoms with Gasteiger partial charge in [-0.1, -0.05) is 18.7 Å². The lowest BCUT2D eigenvalue weighted by molar-refractivity contribution is -0.138. The molecule has 0 spiro atoms. The minimum atomic E-state index is -1.02. The number of aromatic nitrogens is 3. The van der Waals surface area contributed by atoms with Crippen LogP contribution in [0.15, 0.2) is 37.2 Å².